The Balaban J connectivity index is 1.40. The van der Waals surface area contributed by atoms with Gasteiger partial charge in [0.15, 0.2) is 0 Å². The first kappa shape index (κ1) is 15.6. The molecule has 4 rings (SSSR count). The van der Waals surface area contributed by atoms with Gasteiger partial charge in [-0.1, -0.05) is 0 Å². The van der Waals surface area contributed by atoms with Crippen LogP contribution in [-0.2, 0) is 6.54 Å². The molecule has 1 aliphatic carbocycles. The van der Waals surface area contributed by atoms with Crippen LogP contribution in [0.5, 0.6) is 0 Å². The Morgan fingerprint density at radius 3 is 2.88 bits per heavy atom. The molecule has 1 aliphatic heterocycles. The fourth-order valence-electron chi connectivity index (χ4n) is 3.35. The lowest BCUT2D eigenvalue weighted by molar-refractivity contribution is 0.0954. The molecule has 2 aromatic rings. The number of carbonyl (C=O) groups excluding carboxylic acids is 1. The van der Waals surface area contributed by atoms with Gasteiger partial charge in [-0.25, -0.2) is 4.98 Å². The maximum atomic E-state index is 12.5. The van der Waals surface area contributed by atoms with Gasteiger partial charge in [-0.2, -0.15) is 0 Å². The lowest BCUT2D eigenvalue weighted by atomic mass is 10.1. The van der Waals surface area contributed by atoms with E-state index in [1.165, 1.54) is 37.7 Å². The van der Waals surface area contributed by atoms with Crippen LogP contribution in [0.2, 0.25) is 0 Å². The molecule has 0 aromatic carbocycles. The highest BCUT2D eigenvalue weighted by molar-refractivity contribution is 7.12. The van der Waals surface area contributed by atoms with Crippen LogP contribution in [0.15, 0.2) is 29.8 Å². The van der Waals surface area contributed by atoms with Crippen LogP contribution in [0.1, 0.15) is 58.8 Å². The SMILES string of the molecule is O=C(NCc1ccnc(N2CCCCC2)c1)c1sccc1C1CC1. The van der Waals surface area contributed by atoms with Crippen LogP contribution in [0.25, 0.3) is 0 Å². The third-order valence-corrected chi connectivity index (χ3v) is 5.79. The molecule has 1 amide bonds. The van der Waals surface area contributed by atoms with E-state index in [9.17, 15) is 4.79 Å². The van der Waals surface area contributed by atoms with Crippen LogP contribution in [0, 0.1) is 0 Å². The predicted molar refractivity (Wildman–Crippen MR) is 97.8 cm³/mol. The Hall–Kier alpha value is -1.88. The number of carbonyl (C=O) groups is 1. The maximum Gasteiger partial charge on any atom is 0.261 e. The second-order valence-corrected chi connectivity index (χ2v) is 7.65. The van der Waals surface area contributed by atoms with E-state index in [1.807, 2.05) is 17.6 Å². The molecule has 126 valence electrons. The molecule has 24 heavy (non-hydrogen) atoms. The standard InChI is InChI=1S/C19H23N3OS/c23-19(18-16(7-11-24-18)15-4-5-15)21-13-14-6-8-20-17(12-14)22-9-2-1-3-10-22/h6-8,11-12,15H,1-5,9-10,13H2,(H,21,23). The highest BCUT2D eigenvalue weighted by Crippen LogP contribution is 2.43. The zero-order valence-electron chi connectivity index (χ0n) is 13.8. The van der Waals surface area contributed by atoms with Crippen molar-refractivity contribution in [1.29, 1.82) is 0 Å². The zero-order chi connectivity index (χ0) is 16.4. The molecule has 2 aliphatic rings. The number of piperidine rings is 1. The van der Waals surface area contributed by atoms with Crippen molar-refractivity contribution in [3.63, 3.8) is 0 Å². The molecule has 2 aromatic heterocycles. The summed E-state index contributed by atoms with van der Waals surface area (Å²) in [5, 5.41) is 5.11. The minimum absolute atomic E-state index is 0.0586. The lowest BCUT2D eigenvalue weighted by Crippen LogP contribution is -2.30. The number of hydrogen-bond donors (Lipinski definition) is 1. The number of nitrogens with one attached hydrogen (secondary N) is 1. The minimum Gasteiger partial charge on any atom is -0.357 e. The Morgan fingerprint density at radius 2 is 2.08 bits per heavy atom. The van der Waals surface area contributed by atoms with Gasteiger partial charge in [0.25, 0.3) is 5.91 Å². The summed E-state index contributed by atoms with van der Waals surface area (Å²) in [5.41, 5.74) is 2.35. The van der Waals surface area contributed by atoms with Gasteiger partial charge < -0.3 is 10.2 Å². The van der Waals surface area contributed by atoms with Crippen LogP contribution in [0.3, 0.4) is 0 Å². The van der Waals surface area contributed by atoms with Crippen molar-refractivity contribution in [3.8, 4) is 0 Å². The summed E-state index contributed by atoms with van der Waals surface area (Å²) < 4.78 is 0. The van der Waals surface area contributed by atoms with Crippen molar-refractivity contribution in [2.75, 3.05) is 18.0 Å². The van der Waals surface area contributed by atoms with E-state index in [2.05, 4.69) is 27.3 Å². The Kier molecular flexibility index (Phi) is 4.52. The van der Waals surface area contributed by atoms with Crippen LogP contribution in [-0.4, -0.2) is 24.0 Å². The molecule has 1 saturated carbocycles. The average Bonchev–Trinajstić information content (AvgIpc) is 3.37. The van der Waals surface area contributed by atoms with Gasteiger partial charge in [-0.15, -0.1) is 11.3 Å². The van der Waals surface area contributed by atoms with Crippen molar-refractivity contribution in [2.45, 2.75) is 44.6 Å². The summed E-state index contributed by atoms with van der Waals surface area (Å²) in [5.74, 6) is 1.71. The summed E-state index contributed by atoms with van der Waals surface area (Å²) >= 11 is 1.55. The van der Waals surface area contributed by atoms with Crippen molar-refractivity contribution in [3.05, 3.63) is 45.8 Å². The van der Waals surface area contributed by atoms with E-state index in [0.717, 1.165) is 29.3 Å². The van der Waals surface area contributed by atoms with Crippen LogP contribution >= 0.6 is 11.3 Å². The third kappa shape index (κ3) is 3.46. The van der Waals surface area contributed by atoms with Crippen molar-refractivity contribution in [2.24, 2.45) is 0 Å². The number of pyridine rings is 1. The third-order valence-electron chi connectivity index (χ3n) is 4.86. The van der Waals surface area contributed by atoms with Gasteiger partial charge in [0.05, 0.1) is 4.88 Å². The molecule has 2 fully saturated rings. The largest absolute Gasteiger partial charge is 0.357 e. The second-order valence-electron chi connectivity index (χ2n) is 6.73. The molecule has 4 nitrogen and oxygen atoms in total. The Labute approximate surface area is 146 Å². The first-order chi connectivity index (χ1) is 11.8. The minimum atomic E-state index is 0.0586. The number of aromatic nitrogens is 1. The molecule has 0 atom stereocenters. The summed E-state index contributed by atoms with van der Waals surface area (Å²) in [4.78, 5) is 20.2. The van der Waals surface area contributed by atoms with Gasteiger partial charge in [-0.3, -0.25) is 4.79 Å². The first-order valence-electron chi connectivity index (χ1n) is 8.87. The van der Waals surface area contributed by atoms with E-state index in [1.54, 1.807) is 11.3 Å². The lowest BCUT2D eigenvalue weighted by Gasteiger charge is -2.27. The van der Waals surface area contributed by atoms with Gasteiger partial charge >= 0.3 is 0 Å². The molecule has 0 spiro atoms. The molecule has 5 heteroatoms. The van der Waals surface area contributed by atoms with E-state index in [-0.39, 0.29) is 5.91 Å². The first-order valence-corrected chi connectivity index (χ1v) is 9.75. The predicted octanol–water partition coefficient (Wildman–Crippen LogP) is 3.94. The van der Waals surface area contributed by atoms with E-state index >= 15 is 0 Å². The average molecular weight is 341 g/mol. The monoisotopic (exact) mass is 341 g/mol. The van der Waals surface area contributed by atoms with E-state index < -0.39 is 0 Å². The number of amides is 1. The normalized spacial score (nSPS) is 17.8. The molecule has 0 radical (unpaired) electrons. The molecular formula is C19H23N3OS. The van der Waals surface area contributed by atoms with Gasteiger partial charge in [0.1, 0.15) is 5.82 Å². The smallest absolute Gasteiger partial charge is 0.261 e. The van der Waals surface area contributed by atoms with E-state index in [0.29, 0.717) is 12.5 Å². The van der Waals surface area contributed by atoms with Gasteiger partial charge in [0.2, 0.25) is 0 Å². The van der Waals surface area contributed by atoms with Crippen LogP contribution < -0.4 is 10.2 Å². The summed E-state index contributed by atoms with van der Waals surface area (Å²) in [6, 6.07) is 6.21. The van der Waals surface area contributed by atoms with E-state index in [4.69, 9.17) is 0 Å². The van der Waals surface area contributed by atoms with Crippen molar-refractivity contribution >= 4 is 23.1 Å². The quantitative estimate of drug-likeness (QED) is 0.896. The number of rotatable bonds is 5. The fraction of sp³-hybridized carbons (Fsp3) is 0.474. The number of hydrogen-bond acceptors (Lipinski definition) is 4. The highest BCUT2D eigenvalue weighted by Gasteiger charge is 2.28. The zero-order valence-corrected chi connectivity index (χ0v) is 14.6. The molecule has 0 bridgehead atoms. The topological polar surface area (TPSA) is 45.2 Å². The summed E-state index contributed by atoms with van der Waals surface area (Å²) in [7, 11) is 0. The second kappa shape index (κ2) is 6.93. The molecule has 1 N–H and O–H groups in total. The molecule has 3 heterocycles. The van der Waals surface area contributed by atoms with Gasteiger partial charge in [0, 0.05) is 25.8 Å². The molecule has 0 unspecified atom stereocenters. The van der Waals surface area contributed by atoms with Crippen LogP contribution in [0.4, 0.5) is 5.82 Å². The number of anilines is 1. The summed E-state index contributed by atoms with van der Waals surface area (Å²) in [6.45, 7) is 2.73. The van der Waals surface area contributed by atoms with Gasteiger partial charge in [-0.05, 0) is 72.7 Å². The Bertz CT molecular complexity index is 717. The molecule has 1 saturated heterocycles. The maximum absolute atomic E-state index is 12.5. The fourth-order valence-corrected chi connectivity index (χ4v) is 4.25. The van der Waals surface area contributed by atoms with Crippen molar-refractivity contribution < 1.29 is 4.79 Å². The van der Waals surface area contributed by atoms with Crippen molar-refractivity contribution in [1.82, 2.24) is 10.3 Å². The molecular weight excluding hydrogens is 318 g/mol. The number of nitrogens with zero attached hydrogens (tertiary/aromatic N) is 2. The summed E-state index contributed by atoms with van der Waals surface area (Å²) in [6.07, 6.45) is 8.10. The highest BCUT2D eigenvalue weighted by atomic mass is 32.1. The number of thiophene rings is 1. The Morgan fingerprint density at radius 1 is 1.25 bits per heavy atom.